The van der Waals surface area contributed by atoms with Gasteiger partial charge in [0, 0.05) is 6.04 Å². The van der Waals surface area contributed by atoms with Crippen LogP contribution in [-0.2, 0) is 14.8 Å². The van der Waals surface area contributed by atoms with Gasteiger partial charge in [0.25, 0.3) is 5.91 Å². The standard InChI is InChI=1S/C20H30FN3O3S/c1-16(20(25)22-18-6-4-2-3-5-7-18)23-12-14-24(15-13-23)28(26,27)19-10-8-17(21)9-11-19/h8-11,16,18H,2-7,12-15H2,1H3,(H,22,25)/p+1/t16-/m1/s1. The third kappa shape index (κ3) is 5.10. The molecule has 1 aromatic carbocycles. The van der Waals surface area contributed by atoms with Gasteiger partial charge in [0.2, 0.25) is 10.0 Å². The average Bonchev–Trinajstić information content (AvgIpc) is 2.96. The molecule has 1 aliphatic heterocycles. The van der Waals surface area contributed by atoms with Crippen molar-refractivity contribution in [2.24, 2.45) is 0 Å². The van der Waals surface area contributed by atoms with Crippen molar-refractivity contribution in [2.75, 3.05) is 26.2 Å². The number of hydrogen-bond acceptors (Lipinski definition) is 3. The minimum Gasteiger partial charge on any atom is -0.348 e. The monoisotopic (exact) mass is 412 g/mol. The third-order valence-electron chi connectivity index (χ3n) is 6.02. The van der Waals surface area contributed by atoms with E-state index in [2.05, 4.69) is 5.32 Å². The first-order chi connectivity index (χ1) is 13.4. The molecule has 8 heteroatoms. The van der Waals surface area contributed by atoms with Crippen molar-refractivity contribution in [2.45, 2.75) is 62.4 Å². The summed E-state index contributed by atoms with van der Waals surface area (Å²) in [6.45, 7) is 3.80. The molecule has 28 heavy (non-hydrogen) atoms. The number of carbonyl (C=O) groups is 1. The Kier molecular flexibility index (Phi) is 7.06. The summed E-state index contributed by atoms with van der Waals surface area (Å²) in [5.41, 5.74) is 0. The Hall–Kier alpha value is -1.51. The van der Waals surface area contributed by atoms with Crippen LogP contribution in [-0.4, -0.2) is 56.9 Å². The molecular formula is C20H31FN3O3S+. The number of nitrogens with one attached hydrogen (secondary N) is 2. The van der Waals surface area contributed by atoms with Crippen LogP contribution in [0.3, 0.4) is 0 Å². The third-order valence-corrected chi connectivity index (χ3v) is 7.94. The number of rotatable bonds is 5. The molecule has 1 aliphatic carbocycles. The van der Waals surface area contributed by atoms with Gasteiger partial charge in [-0.2, -0.15) is 4.31 Å². The minimum atomic E-state index is -3.62. The fraction of sp³-hybridized carbons (Fsp3) is 0.650. The first-order valence-electron chi connectivity index (χ1n) is 10.3. The SMILES string of the molecule is C[C@H](C(=O)NC1CCCCCC1)[NH+]1CCN(S(=O)(=O)c2ccc(F)cc2)CC1. The molecule has 3 rings (SSSR count). The van der Waals surface area contributed by atoms with Crippen LogP contribution >= 0.6 is 0 Å². The zero-order chi connectivity index (χ0) is 20.1. The lowest BCUT2D eigenvalue weighted by molar-refractivity contribution is -0.917. The van der Waals surface area contributed by atoms with E-state index >= 15 is 0 Å². The summed E-state index contributed by atoms with van der Waals surface area (Å²) in [7, 11) is -3.62. The van der Waals surface area contributed by atoms with Crippen LogP contribution in [0.4, 0.5) is 4.39 Å². The fourth-order valence-electron chi connectivity index (χ4n) is 4.14. The van der Waals surface area contributed by atoms with E-state index in [-0.39, 0.29) is 22.9 Å². The highest BCUT2D eigenvalue weighted by Gasteiger charge is 2.34. The van der Waals surface area contributed by atoms with Gasteiger partial charge in [0.1, 0.15) is 5.82 Å². The average molecular weight is 413 g/mol. The number of amides is 1. The second kappa shape index (κ2) is 9.33. The molecule has 6 nitrogen and oxygen atoms in total. The molecular weight excluding hydrogens is 381 g/mol. The Labute approximate surface area is 167 Å². The molecule has 1 aromatic rings. The summed E-state index contributed by atoms with van der Waals surface area (Å²) in [6, 6.07) is 5.00. The Balaban J connectivity index is 1.53. The van der Waals surface area contributed by atoms with Crippen LogP contribution in [0.1, 0.15) is 45.4 Å². The Morgan fingerprint density at radius 3 is 2.25 bits per heavy atom. The van der Waals surface area contributed by atoms with Gasteiger partial charge in [0.15, 0.2) is 6.04 Å². The highest BCUT2D eigenvalue weighted by Crippen LogP contribution is 2.18. The summed E-state index contributed by atoms with van der Waals surface area (Å²) in [4.78, 5) is 13.9. The zero-order valence-electron chi connectivity index (χ0n) is 16.5. The first kappa shape index (κ1) is 21.2. The van der Waals surface area contributed by atoms with Gasteiger partial charge in [0.05, 0.1) is 31.1 Å². The van der Waals surface area contributed by atoms with Crippen LogP contribution < -0.4 is 10.2 Å². The molecule has 0 spiro atoms. The highest BCUT2D eigenvalue weighted by atomic mass is 32.2. The van der Waals surface area contributed by atoms with Crippen molar-refractivity contribution in [3.8, 4) is 0 Å². The van der Waals surface area contributed by atoms with Gasteiger partial charge in [-0.05, 0) is 44.0 Å². The predicted octanol–water partition coefficient (Wildman–Crippen LogP) is 0.942. The van der Waals surface area contributed by atoms with Crippen molar-refractivity contribution in [3.63, 3.8) is 0 Å². The quantitative estimate of drug-likeness (QED) is 0.708. The molecule has 2 N–H and O–H groups in total. The van der Waals surface area contributed by atoms with E-state index in [0.717, 1.165) is 29.9 Å². The lowest BCUT2D eigenvalue weighted by atomic mass is 10.1. The van der Waals surface area contributed by atoms with Crippen LogP contribution in [0.15, 0.2) is 29.2 Å². The van der Waals surface area contributed by atoms with Crippen LogP contribution in [0.25, 0.3) is 0 Å². The van der Waals surface area contributed by atoms with Crippen LogP contribution in [0.2, 0.25) is 0 Å². The van der Waals surface area contributed by atoms with Gasteiger partial charge in [-0.15, -0.1) is 0 Å². The van der Waals surface area contributed by atoms with Gasteiger partial charge >= 0.3 is 0 Å². The molecule has 1 saturated carbocycles. The second-order valence-electron chi connectivity index (χ2n) is 7.94. The van der Waals surface area contributed by atoms with Crippen molar-refractivity contribution in [1.29, 1.82) is 0 Å². The molecule has 1 atom stereocenters. The number of halogens is 1. The van der Waals surface area contributed by atoms with Crippen molar-refractivity contribution in [3.05, 3.63) is 30.1 Å². The maximum absolute atomic E-state index is 13.1. The van der Waals surface area contributed by atoms with E-state index in [1.54, 1.807) is 0 Å². The fourth-order valence-corrected chi connectivity index (χ4v) is 5.58. The lowest BCUT2D eigenvalue weighted by Crippen LogP contribution is -3.19. The topological polar surface area (TPSA) is 70.9 Å². The van der Waals surface area contributed by atoms with Crippen molar-refractivity contribution >= 4 is 15.9 Å². The number of nitrogens with zero attached hydrogens (tertiary/aromatic N) is 1. The van der Waals surface area contributed by atoms with Gasteiger partial charge < -0.3 is 10.2 Å². The van der Waals surface area contributed by atoms with E-state index in [4.69, 9.17) is 0 Å². The molecule has 1 saturated heterocycles. The molecule has 2 fully saturated rings. The second-order valence-corrected chi connectivity index (χ2v) is 9.87. The van der Waals surface area contributed by atoms with E-state index in [0.29, 0.717) is 26.2 Å². The molecule has 156 valence electrons. The summed E-state index contributed by atoms with van der Waals surface area (Å²) < 4.78 is 39.9. The van der Waals surface area contributed by atoms with E-state index in [9.17, 15) is 17.6 Å². The number of carbonyl (C=O) groups excluding carboxylic acids is 1. The maximum atomic E-state index is 13.1. The summed E-state index contributed by atoms with van der Waals surface area (Å²) in [6.07, 6.45) is 6.95. The number of quaternary nitrogens is 1. The number of benzene rings is 1. The van der Waals surface area contributed by atoms with Crippen molar-refractivity contribution < 1.29 is 22.5 Å². The smallest absolute Gasteiger partial charge is 0.278 e. The Morgan fingerprint density at radius 2 is 1.68 bits per heavy atom. The normalized spacial score (nSPS) is 21.8. The summed E-state index contributed by atoms with van der Waals surface area (Å²) in [5.74, 6) is -0.390. The van der Waals surface area contributed by atoms with Gasteiger partial charge in [-0.1, -0.05) is 25.7 Å². The maximum Gasteiger partial charge on any atom is 0.278 e. The Morgan fingerprint density at radius 1 is 1.11 bits per heavy atom. The molecule has 0 aromatic heterocycles. The van der Waals surface area contributed by atoms with Crippen molar-refractivity contribution in [1.82, 2.24) is 9.62 Å². The molecule has 1 amide bonds. The Bertz CT molecular complexity index is 753. The van der Waals surface area contributed by atoms with Gasteiger partial charge in [-0.3, -0.25) is 4.79 Å². The number of hydrogen-bond donors (Lipinski definition) is 2. The predicted molar refractivity (Wildman–Crippen MR) is 105 cm³/mol. The van der Waals surface area contributed by atoms with Crippen LogP contribution in [0, 0.1) is 5.82 Å². The molecule has 1 heterocycles. The molecule has 0 radical (unpaired) electrons. The van der Waals surface area contributed by atoms with E-state index in [1.165, 1.54) is 42.1 Å². The molecule has 0 unspecified atom stereocenters. The number of piperazine rings is 1. The van der Waals surface area contributed by atoms with Crippen LogP contribution in [0.5, 0.6) is 0 Å². The highest BCUT2D eigenvalue weighted by molar-refractivity contribution is 7.89. The minimum absolute atomic E-state index is 0.0664. The lowest BCUT2D eigenvalue weighted by Gasteiger charge is -2.34. The largest absolute Gasteiger partial charge is 0.348 e. The van der Waals surface area contributed by atoms with E-state index < -0.39 is 15.8 Å². The number of sulfonamides is 1. The zero-order valence-corrected chi connectivity index (χ0v) is 17.3. The summed E-state index contributed by atoms with van der Waals surface area (Å²) >= 11 is 0. The molecule has 0 bridgehead atoms. The van der Waals surface area contributed by atoms with Gasteiger partial charge in [-0.25, -0.2) is 12.8 Å². The molecule has 2 aliphatic rings. The summed E-state index contributed by atoms with van der Waals surface area (Å²) in [5, 5.41) is 3.20. The van der Waals surface area contributed by atoms with E-state index in [1.807, 2.05) is 6.92 Å². The first-order valence-corrected chi connectivity index (χ1v) is 11.7.